The van der Waals surface area contributed by atoms with E-state index in [-0.39, 0.29) is 10.6 Å². The highest BCUT2D eigenvalue weighted by atomic mass is 35.5. The average molecular weight is 186 g/mol. The molecule has 0 aliphatic heterocycles. The summed E-state index contributed by atoms with van der Waals surface area (Å²) in [5.41, 5.74) is 5.33. The van der Waals surface area contributed by atoms with Crippen LogP contribution in [0, 0.1) is 0 Å². The zero-order chi connectivity index (χ0) is 9.14. The minimum atomic E-state index is -0.557. The number of amides is 1. The Bertz CT molecular complexity index is 314. The lowest BCUT2D eigenvalue weighted by molar-refractivity contribution is 0.100. The number of carbonyl (C=O) groups is 1. The van der Waals surface area contributed by atoms with Gasteiger partial charge < -0.3 is 11.1 Å². The number of nitrogens with one attached hydrogen (secondary N) is 1. The fourth-order valence-corrected chi connectivity index (χ4v) is 0.961. The first-order valence-corrected chi connectivity index (χ1v) is 3.66. The first kappa shape index (κ1) is 8.80. The summed E-state index contributed by atoms with van der Waals surface area (Å²) >= 11 is 5.66. The van der Waals surface area contributed by atoms with Crippen LogP contribution in [0.4, 0.5) is 5.82 Å². The first-order valence-electron chi connectivity index (χ1n) is 3.28. The van der Waals surface area contributed by atoms with Crippen LogP contribution in [0.25, 0.3) is 0 Å². The van der Waals surface area contributed by atoms with Gasteiger partial charge in [0.2, 0.25) is 5.91 Å². The summed E-state index contributed by atoms with van der Waals surface area (Å²) in [6.45, 7) is 0. The number of primary amides is 1. The minimum Gasteiger partial charge on any atom is -0.373 e. The number of nitrogens with zero attached hydrogens (tertiary/aromatic N) is 1. The van der Waals surface area contributed by atoms with Gasteiger partial charge in [-0.2, -0.15) is 0 Å². The molecule has 0 bridgehead atoms. The van der Waals surface area contributed by atoms with Crippen molar-refractivity contribution >= 4 is 23.3 Å². The second kappa shape index (κ2) is 3.40. The van der Waals surface area contributed by atoms with Crippen molar-refractivity contribution in [2.45, 2.75) is 0 Å². The van der Waals surface area contributed by atoms with Crippen molar-refractivity contribution < 1.29 is 4.79 Å². The molecule has 0 radical (unpaired) electrons. The van der Waals surface area contributed by atoms with Crippen LogP contribution >= 0.6 is 11.6 Å². The monoisotopic (exact) mass is 185 g/mol. The molecule has 0 fully saturated rings. The van der Waals surface area contributed by atoms with Crippen LogP contribution in [0.5, 0.6) is 0 Å². The summed E-state index contributed by atoms with van der Waals surface area (Å²) in [5.74, 6) is 0.00657. The molecule has 1 rings (SSSR count). The highest BCUT2D eigenvalue weighted by molar-refractivity contribution is 6.33. The van der Waals surface area contributed by atoms with Crippen LogP contribution < -0.4 is 11.1 Å². The third kappa shape index (κ3) is 1.65. The summed E-state index contributed by atoms with van der Waals surface area (Å²) in [6, 6.07) is 1.50. The number of halogens is 1. The van der Waals surface area contributed by atoms with Crippen molar-refractivity contribution in [3.8, 4) is 0 Å². The molecular weight excluding hydrogens is 178 g/mol. The second-order valence-corrected chi connectivity index (χ2v) is 2.57. The molecule has 5 heteroatoms. The molecule has 0 saturated heterocycles. The van der Waals surface area contributed by atoms with Crippen LogP contribution in [0.3, 0.4) is 0 Å². The van der Waals surface area contributed by atoms with Gasteiger partial charge in [-0.25, -0.2) is 4.98 Å². The number of hydrogen-bond acceptors (Lipinski definition) is 3. The topological polar surface area (TPSA) is 68.0 Å². The largest absolute Gasteiger partial charge is 0.373 e. The second-order valence-electron chi connectivity index (χ2n) is 2.16. The van der Waals surface area contributed by atoms with Crippen molar-refractivity contribution in [3.63, 3.8) is 0 Å². The SMILES string of the molecule is CNc1cc(C(N)=O)c(Cl)cn1. The molecule has 0 aliphatic carbocycles. The van der Waals surface area contributed by atoms with E-state index in [1.165, 1.54) is 12.3 Å². The van der Waals surface area contributed by atoms with Crippen molar-refractivity contribution in [1.29, 1.82) is 0 Å². The van der Waals surface area contributed by atoms with Crippen molar-refractivity contribution in [3.05, 3.63) is 22.8 Å². The minimum absolute atomic E-state index is 0.265. The van der Waals surface area contributed by atoms with Gasteiger partial charge in [-0.05, 0) is 6.07 Å². The van der Waals surface area contributed by atoms with Crippen LogP contribution in [0.1, 0.15) is 10.4 Å². The number of hydrogen-bond donors (Lipinski definition) is 2. The van der Waals surface area contributed by atoms with E-state index in [1.807, 2.05) is 0 Å². The Kier molecular flexibility index (Phi) is 2.50. The molecule has 4 nitrogen and oxygen atoms in total. The Balaban J connectivity index is 3.17. The highest BCUT2D eigenvalue weighted by Gasteiger charge is 2.07. The average Bonchev–Trinajstić information content (AvgIpc) is 2.05. The zero-order valence-electron chi connectivity index (χ0n) is 6.47. The Labute approximate surface area is 74.7 Å². The molecule has 1 aromatic heterocycles. The molecular formula is C7H8ClN3O. The van der Waals surface area contributed by atoms with E-state index in [1.54, 1.807) is 7.05 Å². The van der Waals surface area contributed by atoms with Crippen LogP contribution in [0.2, 0.25) is 5.02 Å². The predicted octanol–water partition coefficient (Wildman–Crippen LogP) is 0.876. The summed E-state index contributed by atoms with van der Waals surface area (Å²) in [4.78, 5) is 14.7. The summed E-state index contributed by atoms with van der Waals surface area (Å²) in [7, 11) is 1.70. The third-order valence-electron chi connectivity index (χ3n) is 1.38. The van der Waals surface area contributed by atoms with E-state index in [0.717, 1.165) is 0 Å². The molecule has 1 heterocycles. The van der Waals surface area contributed by atoms with Crippen LogP contribution in [0.15, 0.2) is 12.3 Å². The van der Waals surface area contributed by atoms with Gasteiger partial charge in [-0.15, -0.1) is 0 Å². The van der Waals surface area contributed by atoms with E-state index >= 15 is 0 Å². The van der Waals surface area contributed by atoms with Gasteiger partial charge >= 0.3 is 0 Å². The van der Waals surface area contributed by atoms with E-state index < -0.39 is 5.91 Å². The molecule has 0 saturated carbocycles. The molecule has 0 aliphatic rings. The number of pyridine rings is 1. The van der Waals surface area contributed by atoms with Gasteiger partial charge in [0.05, 0.1) is 10.6 Å². The predicted molar refractivity (Wildman–Crippen MR) is 47.3 cm³/mol. The Morgan fingerprint density at radius 2 is 2.42 bits per heavy atom. The van der Waals surface area contributed by atoms with Crippen molar-refractivity contribution in [2.24, 2.45) is 5.73 Å². The standard InChI is InChI=1S/C7H8ClN3O/c1-10-6-2-4(7(9)12)5(8)3-11-6/h2-3H,1H3,(H2,9,12)(H,10,11). The molecule has 0 unspecified atom stereocenters. The number of rotatable bonds is 2. The lowest BCUT2D eigenvalue weighted by atomic mass is 10.2. The number of aromatic nitrogens is 1. The summed E-state index contributed by atoms with van der Waals surface area (Å²) < 4.78 is 0. The van der Waals surface area contributed by atoms with Gasteiger partial charge in [0.15, 0.2) is 0 Å². The van der Waals surface area contributed by atoms with Gasteiger partial charge in [0.25, 0.3) is 0 Å². The van der Waals surface area contributed by atoms with Gasteiger partial charge in [-0.3, -0.25) is 4.79 Å². The molecule has 12 heavy (non-hydrogen) atoms. The summed E-state index contributed by atoms with van der Waals surface area (Å²) in [5, 5.41) is 3.04. The normalized spacial score (nSPS) is 9.50. The smallest absolute Gasteiger partial charge is 0.250 e. The first-order chi connectivity index (χ1) is 5.65. The maximum atomic E-state index is 10.8. The summed E-state index contributed by atoms with van der Waals surface area (Å²) in [6.07, 6.45) is 1.38. The Hall–Kier alpha value is -1.29. The van der Waals surface area contributed by atoms with Gasteiger partial charge in [-0.1, -0.05) is 11.6 Å². The van der Waals surface area contributed by atoms with Crippen LogP contribution in [-0.4, -0.2) is 17.9 Å². The quantitative estimate of drug-likeness (QED) is 0.719. The molecule has 1 aromatic rings. The van der Waals surface area contributed by atoms with Crippen molar-refractivity contribution in [1.82, 2.24) is 4.98 Å². The van der Waals surface area contributed by atoms with Crippen molar-refractivity contribution in [2.75, 3.05) is 12.4 Å². The number of nitrogens with two attached hydrogens (primary N) is 1. The number of carbonyl (C=O) groups excluding carboxylic acids is 1. The molecule has 0 spiro atoms. The van der Waals surface area contributed by atoms with Gasteiger partial charge in [0.1, 0.15) is 5.82 Å². The van der Waals surface area contributed by atoms with E-state index in [9.17, 15) is 4.79 Å². The lowest BCUT2D eigenvalue weighted by Crippen LogP contribution is -2.12. The Morgan fingerprint density at radius 1 is 1.75 bits per heavy atom. The van der Waals surface area contributed by atoms with Crippen LogP contribution in [-0.2, 0) is 0 Å². The molecule has 1 amide bonds. The molecule has 0 atom stereocenters. The molecule has 0 aromatic carbocycles. The highest BCUT2D eigenvalue weighted by Crippen LogP contribution is 2.16. The zero-order valence-corrected chi connectivity index (χ0v) is 7.22. The fraction of sp³-hybridized carbons (Fsp3) is 0.143. The molecule has 64 valence electrons. The maximum absolute atomic E-state index is 10.8. The van der Waals surface area contributed by atoms with E-state index in [2.05, 4.69) is 10.3 Å². The van der Waals surface area contributed by atoms with E-state index in [4.69, 9.17) is 17.3 Å². The van der Waals surface area contributed by atoms with Gasteiger partial charge in [0, 0.05) is 13.2 Å². The maximum Gasteiger partial charge on any atom is 0.250 e. The fourth-order valence-electron chi connectivity index (χ4n) is 0.764. The number of anilines is 1. The van der Waals surface area contributed by atoms with E-state index in [0.29, 0.717) is 5.82 Å². The lowest BCUT2D eigenvalue weighted by Gasteiger charge is -2.02. The Morgan fingerprint density at radius 3 is 2.92 bits per heavy atom. The molecule has 3 N–H and O–H groups in total. The third-order valence-corrected chi connectivity index (χ3v) is 1.68.